The van der Waals surface area contributed by atoms with E-state index in [1.54, 1.807) is 0 Å². The van der Waals surface area contributed by atoms with Crippen molar-refractivity contribution in [3.05, 3.63) is 0 Å². The summed E-state index contributed by atoms with van der Waals surface area (Å²) in [6, 6.07) is 0.642. The van der Waals surface area contributed by atoms with E-state index in [2.05, 4.69) is 38.0 Å². The maximum Gasteiger partial charge on any atom is 0.0622 e. The van der Waals surface area contributed by atoms with Crippen molar-refractivity contribution < 1.29 is 4.74 Å². The van der Waals surface area contributed by atoms with Gasteiger partial charge in [-0.1, -0.05) is 6.42 Å². The fourth-order valence-corrected chi connectivity index (χ4v) is 2.07. The number of piperidine rings is 1. The summed E-state index contributed by atoms with van der Waals surface area (Å²) in [5.74, 6) is 0. The Morgan fingerprint density at radius 2 is 2.06 bits per heavy atom. The molecule has 1 aliphatic rings. The number of likely N-dealkylation sites (N-methyl/N-ethyl adjacent to an activating group) is 1. The van der Waals surface area contributed by atoms with E-state index in [4.69, 9.17) is 4.74 Å². The van der Waals surface area contributed by atoms with Crippen LogP contribution in [0.25, 0.3) is 0 Å². The monoisotopic (exact) mass is 228 g/mol. The number of nitrogens with one attached hydrogen (secondary N) is 1. The molecule has 16 heavy (non-hydrogen) atoms. The first-order chi connectivity index (χ1) is 7.49. The second kappa shape index (κ2) is 6.58. The molecule has 0 aromatic rings. The topological polar surface area (TPSA) is 24.5 Å². The minimum absolute atomic E-state index is 0.199. The van der Waals surface area contributed by atoms with Crippen molar-refractivity contribution >= 4 is 0 Å². The van der Waals surface area contributed by atoms with Gasteiger partial charge >= 0.3 is 0 Å². The first kappa shape index (κ1) is 13.9. The third kappa shape index (κ3) is 5.83. The van der Waals surface area contributed by atoms with Crippen LogP contribution in [0, 0.1) is 0 Å². The summed E-state index contributed by atoms with van der Waals surface area (Å²) < 4.78 is 5.73. The maximum atomic E-state index is 5.73. The highest BCUT2D eigenvalue weighted by Crippen LogP contribution is 2.14. The van der Waals surface area contributed by atoms with Gasteiger partial charge in [0.15, 0.2) is 0 Å². The van der Waals surface area contributed by atoms with Crippen LogP contribution in [0.1, 0.15) is 40.0 Å². The van der Waals surface area contributed by atoms with Crippen LogP contribution in [0.3, 0.4) is 0 Å². The number of hydrogen-bond donors (Lipinski definition) is 1. The predicted molar refractivity (Wildman–Crippen MR) is 68.8 cm³/mol. The molecule has 0 aliphatic carbocycles. The zero-order chi connectivity index (χ0) is 12.0. The molecular weight excluding hydrogens is 200 g/mol. The molecular formula is C13H28N2O. The maximum absolute atomic E-state index is 5.73. The Kier molecular flexibility index (Phi) is 5.73. The van der Waals surface area contributed by atoms with Crippen molar-refractivity contribution in [1.82, 2.24) is 10.2 Å². The molecule has 1 N–H and O–H groups in total. The molecule has 0 aromatic carbocycles. The fraction of sp³-hybridized carbons (Fsp3) is 1.00. The van der Waals surface area contributed by atoms with Crippen LogP contribution in [0.2, 0.25) is 0 Å². The van der Waals surface area contributed by atoms with Gasteiger partial charge in [0, 0.05) is 18.1 Å². The molecule has 3 heteroatoms. The van der Waals surface area contributed by atoms with Crippen molar-refractivity contribution in [3.63, 3.8) is 0 Å². The Balaban J connectivity index is 2.02. The molecule has 0 amide bonds. The van der Waals surface area contributed by atoms with Crippen LogP contribution in [0.15, 0.2) is 0 Å². The second-order valence-electron chi connectivity index (χ2n) is 5.88. The van der Waals surface area contributed by atoms with E-state index in [0.29, 0.717) is 6.04 Å². The van der Waals surface area contributed by atoms with Gasteiger partial charge in [-0.15, -0.1) is 0 Å². The van der Waals surface area contributed by atoms with Crippen LogP contribution in [0.4, 0.5) is 0 Å². The molecule has 1 aliphatic heterocycles. The molecule has 3 nitrogen and oxygen atoms in total. The first-order valence-corrected chi connectivity index (χ1v) is 6.52. The van der Waals surface area contributed by atoms with E-state index in [-0.39, 0.29) is 5.54 Å². The number of rotatable bonds is 5. The van der Waals surface area contributed by atoms with Crippen LogP contribution < -0.4 is 5.32 Å². The summed E-state index contributed by atoms with van der Waals surface area (Å²) in [6.07, 6.45) is 4.00. The zero-order valence-corrected chi connectivity index (χ0v) is 11.4. The standard InChI is InChI=1S/C13H28N2O/c1-13(2,3)14-8-10-16-11-12-7-5-6-9-15(12)4/h12,14H,5-11H2,1-4H3. The van der Waals surface area contributed by atoms with E-state index in [1.807, 2.05) is 0 Å². The number of nitrogens with zero attached hydrogens (tertiary/aromatic N) is 1. The van der Waals surface area contributed by atoms with Crippen LogP contribution in [0.5, 0.6) is 0 Å². The molecule has 1 atom stereocenters. The first-order valence-electron chi connectivity index (χ1n) is 6.52. The van der Waals surface area contributed by atoms with Gasteiger partial charge in [-0.25, -0.2) is 0 Å². The lowest BCUT2D eigenvalue weighted by Crippen LogP contribution is -2.41. The fourth-order valence-electron chi connectivity index (χ4n) is 2.07. The summed E-state index contributed by atoms with van der Waals surface area (Å²) in [7, 11) is 2.21. The van der Waals surface area contributed by atoms with E-state index < -0.39 is 0 Å². The highest BCUT2D eigenvalue weighted by molar-refractivity contribution is 4.74. The van der Waals surface area contributed by atoms with Gasteiger partial charge in [-0.3, -0.25) is 0 Å². The average Bonchev–Trinajstić information content (AvgIpc) is 2.18. The van der Waals surface area contributed by atoms with E-state index in [9.17, 15) is 0 Å². The SMILES string of the molecule is CN1CCCCC1COCCNC(C)(C)C. The van der Waals surface area contributed by atoms with Gasteiger partial charge in [0.1, 0.15) is 0 Å². The van der Waals surface area contributed by atoms with Gasteiger partial charge < -0.3 is 15.0 Å². The van der Waals surface area contributed by atoms with Crippen molar-refractivity contribution in [2.75, 3.05) is 33.4 Å². The average molecular weight is 228 g/mol. The summed E-state index contributed by atoms with van der Waals surface area (Å²) in [5, 5.41) is 3.43. The van der Waals surface area contributed by atoms with Crippen molar-refractivity contribution in [2.45, 2.75) is 51.6 Å². The van der Waals surface area contributed by atoms with Gasteiger partial charge in [-0.05, 0) is 47.2 Å². The molecule has 1 unspecified atom stereocenters. The van der Waals surface area contributed by atoms with Gasteiger partial charge in [0.25, 0.3) is 0 Å². The van der Waals surface area contributed by atoms with Crippen molar-refractivity contribution in [2.24, 2.45) is 0 Å². The molecule has 0 aromatic heterocycles. The minimum atomic E-state index is 0.199. The smallest absolute Gasteiger partial charge is 0.0622 e. The van der Waals surface area contributed by atoms with Crippen LogP contribution in [-0.2, 0) is 4.74 Å². The second-order valence-corrected chi connectivity index (χ2v) is 5.88. The van der Waals surface area contributed by atoms with Gasteiger partial charge in [0.05, 0.1) is 13.2 Å². The summed E-state index contributed by atoms with van der Waals surface area (Å²) in [5.41, 5.74) is 0.199. The Bertz CT molecular complexity index is 189. The largest absolute Gasteiger partial charge is 0.379 e. The molecule has 0 saturated carbocycles. The molecule has 96 valence electrons. The highest BCUT2D eigenvalue weighted by Gasteiger charge is 2.18. The summed E-state index contributed by atoms with van der Waals surface area (Å²) >= 11 is 0. The van der Waals surface area contributed by atoms with Crippen LogP contribution in [-0.4, -0.2) is 49.8 Å². The molecule has 1 rings (SSSR count). The summed E-state index contributed by atoms with van der Waals surface area (Å²) in [6.45, 7) is 10.4. The lowest BCUT2D eigenvalue weighted by Gasteiger charge is -2.32. The normalized spacial score (nSPS) is 23.6. The Labute approximate surface area is 101 Å². The van der Waals surface area contributed by atoms with E-state index in [1.165, 1.54) is 25.8 Å². The van der Waals surface area contributed by atoms with E-state index >= 15 is 0 Å². The third-order valence-electron chi connectivity index (χ3n) is 3.13. The quantitative estimate of drug-likeness (QED) is 0.727. The minimum Gasteiger partial charge on any atom is -0.379 e. The predicted octanol–water partition coefficient (Wildman–Crippen LogP) is 1.88. The van der Waals surface area contributed by atoms with Crippen molar-refractivity contribution in [3.8, 4) is 0 Å². The number of hydrogen-bond acceptors (Lipinski definition) is 3. The van der Waals surface area contributed by atoms with E-state index in [0.717, 1.165) is 19.8 Å². The highest BCUT2D eigenvalue weighted by atomic mass is 16.5. The Morgan fingerprint density at radius 3 is 2.69 bits per heavy atom. The van der Waals surface area contributed by atoms with Crippen LogP contribution >= 0.6 is 0 Å². The number of ether oxygens (including phenoxy) is 1. The number of likely N-dealkylation sites (tertiary alicyclic amines) is 1. The lowest BCUT2D eigenvalue weighted by molar-refractivity contribution is 0.0526. The molecule has 1 fully saturated rings. The molecule has 1 heterocycles. The molecule has 0 bridgehead atoms. The molecule has 1 saturated heterocycles. The Hall–Kier alpha value is -0.120. The zero-order valence-electron chi connectivity index (χ0n) is 11.4. The van der Waals surface area contributed by atoms with Gasteiger partial charge in [-0.2, -0.15) is 0 Å². The summed E-state index contributed by atoms with van der Waals surface area (Å²) in [4.78, 5) is 2.43. The third-order valence-corrected chi connectivity index (χ3v) is 3.13. The molecule has 0 radical (unpaired) electrons. The lowest BCUT2D eigenvalue weighted by atomic mass is 10.0. The molecule has 0 spiro atoms. The van der Waals surface area contributed by atoms with Gasteiger partial charge in [0.2, 0.25) is 0 Å². The Morgan fingerprint density at radius 1 is 1.31 bits per heavy atom. The van der Waals surface area contributed by atoms with Crippen molar-refractivity contribution in [1.29, 1.82) is 0 Å².